The molecule has 0 radical (unpaired) electrons. The Morgan fingerprint density at radius 3 is 2.53 bits per heavy atom. The van der Waals surface area contributed by atoms with E-state index in [9.17, 15) is 4.79 Å². The SMILES string of the molecule is CCNC(=NCCCOCC(C)C)NCCC(=O)N1CCN(c2ccccc2)CC1. The first-order valence-electron chi connectivity index (χ1n) is 11.3. The maximum absolute atomic E-state index is 12.6. The third kappa shape index (κ3) is 9.03. The van der Waals surface area contributed by atoms with E-state index in [0.29, 0.717) is 25.4 Å². The number of carbonyl (C=O) groups is 1. The lowest BCUT2D eigenvalue weighted by Gasteiger charge is -2.36. The van der Waals surface area contributed by atoms with Crippen LogP contribution < -0.4 is 15.5 Å². The molecule has 7 heteroatoms. The molecule has 0 atom stereocenters. The van der Waals surface area contributed by atoms with E-state index in [1.165, 1.54) is 5.69 Å². The van der Waals surface area contributed by atoms with Gasteiger partial charge in [0.05, 0.1) is 0 Å². The van der Waals surface area contributed by atoms with Gasteiger partial charge in [-0.2, -0.15) is 0 Å². The van der Waals surface area contributed by atoms with Gasteiger partial charge >= 0.3 is 0 Å². The van der Waals surface area contributed by atoms with E-state index >= 15 is 0 Å². The number of nitrogens with zero attached hydrogens (tertiary/aromatic N) is 3. The third-order valence-electron chi connectivity index (χ3n) is 4.90. The van der Waals surface area contributed by atoms with E-state index in [-0.39, 0.29) is 5.91 Å². The maximum atomic E-state index is 12.6. The fourth-order valence-corrected chi connectivity index (χ4v) is 3.32. The number of anilines is 1. The van der Waals surface area contributed by atoms with Crippen molar-refractivity contribution in [3.05, 3.63) is 30.3 Å². The van der Waals surface area contributed by atoms with Crippen LogP contribution in [0.5, 0.6) is 0 Å². The van der Waals surface area contributed by atoms with Gasteiger partial charge < -0.3 is 25.2 Å². The zero-order valence-electron chi connectivity index (χ0n) is 18.9. The first kappa shape index (κ1) is 24.0. The van der Waals surface area contributed by atoms with Crippen LogP contribution in [0.15, 0.2) is 35.3 Å². The van der Waals surface area contributed by atoms with Gasteiger partial charge in [0.1, 0.15) is 0 Å². The number of rotatable bonds is 11. The summed E-state index contributed by atoms with van der Waals surface area (Å²) in [5.41, 5.74) is 1.23. The summed E-state index contributed by atoms with van der Waals surface area (Å²) in [5, 5.41) is 6.51. The number of ether oxygens (including phenoxy) is 1. The molecule has 2 rings (SSSR count). The summed E-state index contributed by atoms with van der Waals surface area (Å²) < 4.78 is 5.59. The lowest BCUT2D eigenvalue weighted by atomic mass is 10.2. The number of aliphatic imine (C=N–C) groups is 1. The summed E-state index contributed by atoms with van der Waals surface area (Å²) in [4.78, 5) is 21.4. The number of guanidine groups is 1. The van der Waals surface area contributed by atoms with Crippen molar-refractivity contribution < 1.29 is 9.53 Å². The van der Waals surface area contributed by atoms with Gasteiger partial charge in [0.2, 0.25) is 5.91 Å². The van der Waals surface area contributed by atoms with Crippen molar-refractivity contribution in [3.63, 3.8) is 0 Å². The lowest BCUT2D eigenvalue weighted by molar-refractivity contribution is -0.131. The van der Waals surface area contributed by atoms with Gasteiger partial charge in [0.25, 0.3) is 0 Å². The van der Waals surface area contributed by atoms with Gasteiger partial charge in [-0.3, -0.25) is 9.79 Å². The van der Waals surface area contributed by atoms with Crippen LogP contribution in [0, 0.1) is 5.92 Å². The minimum Gasteiger partial charge on any atom is -0.381 e. The fourth-order valence-electron chi connectivity index (χ4n) is 3.32. The number of nitrogens with one attached hydrogen (secondary N) is 2. The minimum atomic E-state index is 0.202. The molecule has 0 aromatic heterocycles. The first-order valence-corrected chi connectivity index (χ1v) is 11.3. The van der Waals surface area contributed by atoms with E-state index in [1.54, 1.807) is 0 Å². The molecule has 1 aromatic carbocycles. The van der Waals surface area contributed by atoms with E-state index in [0.717, 1.165) is 58.3 Å². The highest BCUT2D eigenvalue weighted by molar-refractivity contribution is 5.81. The molecular weight excluding hydrogens is 378 g/mol. The fraction of sp³-hybridized carbons (Fsp3) is 0.652. The molecule has 1 aliphatic rings. The smallest absolute Gasteiger partial charge is 0.224 e. The zero-order chi connectivity index (χ0) is 21.6. The summed E-state index contributed by atoms with van der Waals surface area (Å²) in [6.07, 6.45) is 1.38. The standard InChI is InChI=1S/C23H39N5O2/c1-4-24-23(25-12-8-18-30-19-20(2)3)26-13-11-22(29)28-16-14-27(15-17-28)21-9-6-5-7-10-21/h5-7,9-10,20H,4,8,11-19H2,1-3H3,(H2,24,25,26). The molecule has 1 amide bonds. The van der Waals surface area contributed by atoms with E-state index in [1.807, 2.05) is 17.9 Å². The molecule has 1 fully saturated rings. The molecule has 168 valence electrons. The van der Waals surface area contributed by atoms with Crippen molar-refractivity contribution in [1.29, 1.82) is 0 Å². The monoisotopic (exact) mass is 417 g/mol. The van der Waals surface area contributed by atoms with Crippen molar-refractivity contribution in [2.24, 2.45) is 10.9 Å². The maximum Gasteiger partial charge on any atom is 0.224 e. The molecule has 30 heavy (non-hydrogen) atoms. The lowest BCUT2D eigenvalue weighted by Crippen LogP contribution is -2.49. The highest BCUT2D eigenvalue weighted by Gasteiger charge is 2.20. The average Bonchev–Trinajstić information content (AvgIpc) is 2.76. The second-order valence-electron chi connectivity index (χ2n) is 7.96. The molecule has 7 nitrogen and oxygen atoms in total. The van der Waals surface area contributed by atoms with Gasteiger partial charge in [0, 0.05) is 71.1 Å². The number of para-hydroxylation sites is 1. The van der Waals surface area contributed by atoms with Crippen LogP contribution in [-0.2, 0) is 9.53 Å². The molecule has 0 spiro atoms. The summed E-state index contributed by atoms with van der Waals surface area (Å²) >= 11 is 0. The largest absolute Gasteiger partial charge is 0.381 e. The number of piperazine rings is 1. The number of benzene rings is 1. The zero-order valence-corrected chi connectivity index (χ0v) is 18.9. The molecule has 0 unspecified atom stereocenters. The van der Waals surface area contributed by atoms with Gasteiger partial charge in [-0.15, -0.1) is 0 Å². The second-order valence-corrected chi connectivity index (χ2v) is 7.96. The van der Waals surface area contributed by atoms with Gasteiger partial charge in [-0.05, 0) is 31.4 Å². The van der Waals surface area contributed by atoms with Crippen LogP contribution in [0.1, 0.15) is 33.6 Å². The third-order valence-corrected chi connectivity index (χ3v) is 4.90. The van der Waals surface area contributed by atoms with Crippen molar-refractivity contribution in [3.8, 4) is 0 Å². The Kier molecular flexibility index (Phi) is 11.1. The molecule has 1 heterocycles. The Labute approximate surface area is 181 Å². The number of hydrogen-bond acceptors (Lipinski definition) is 4. The predicted octanol–water partition coefficient (Wildman–Crippen LogP) is 2.34. The average molecular weight is 418 g/mol. The predicted molar refractivity (Wildman–Crippen MR) is 124 cm³/mol. The number of hydrogen-bond donors (Lipinski definition) is 2. The summed E-state index contributed by atoms with van der Waals surface area (Å²) in [7, 11) is 0. The molecule has 0 aliphatic carbocycles. The van der Waals surface area contributed by atoms with Crippen molar-refractivity contribution >= 4 is 17.6 Å². The Morgan fingerprint density at radius 2 is 1.87 bits per heavy atom. The van der Waals surface area contributed by atoms with Gasteiger partial charge in [-0.25, -0.2) is 0 Å². The van der Waals surface area contributed by atoms with Crippen LogP contribution >= 0.6 is 0 Å². The second kappa shape index (κ2) is 13.9. The van der Waals surface area contributed by atoms with Crippen molar-refractivity contribution in [1.82, 2.24) is 15.5 Å². The van der Waals surface area contributed by atoms with Crippen molar-refractivity contribution in [2.75, 3.05) is 63.9 Å². The molecule has 1 aliphatic heterocycles. The Balaban J connectivity index is 1.64. The molecule has 0 saturated carbocycles. The molecule has 2 N–H and O–H groups in total. The van der Waals surface area contributed by atoms with Crippen LogP contribution in [0.2, 0.25) is 0 Å². The Hall–Kier alpha value is -2.28. The number of amides is 1. The van der Waals surface area contributed by atoms with Crippen LogP contribution in [0.4, 0.5) is 5.69 Å². The summed E-state index contributed by atoms with van der Waals surface area (Å²) in [5.74, 6) is 1.53. The highest BCUT2D eigenvalue weighted by atomic mass is 16.5. The molecule has 1 saturated heterocycles. The Morgan fingerprint density at radius 1 is 1.13 bits per heavy atom. The topological polar surface area (TPSA) is 69.2 Å². The minimum absolute atomic E-state index is 0.202. The van der Waals surface area contributed by atoms with Crippen LogP contribution in [-0.4, -0.2) is 75.8 Å². The highest BCUT2D eigenvalue weighted by Crippen LogP contribution is 2.15. The Bertz CT molecular complexity index is 628. The number of carbonyl (C=O) groups excluding carboxylic acids is 1. The van der Waals surface area contributed by atoms with Crippen LogP contribution in [0.25, 0.3) is 0 Å². The quantitative estimate of drug-likeness (QED) is 0.329. The van der Waals surface area contributed by atoms with E-state index < -0.39 is 0 Å². The summed E-state index contributed by atoms with van der Waals surface area (Å²) in [6.45, 7) is 13.3. The molecule has 0 bridgehead atoms. The van der Waals surface area contributed by atoms with Gasteiger partial charge in [-0.1, -0.05) is 32.0 Å². The summed E-state index contributed by atoms with van der Waals surface area (Å²) in [6, 6.07) is 10.4. The first-order chi connectivity index (χ1) is 14.6. The normalized spacial score (nSPS) is 14.9. The van der Waals surface area contributed by atoms with E-state index in [2.05, 4.69) is 58.6 Å². The molecule has 1 aromatic rings. The molecular formula is C23H39N5O2. The van der Waals surface area contributed by atoms with Crippen LogP contribution in [0.3, 0.4) is 0 Å². The van der Waals surface area contributed by atoms with Gasteiger partial charge in [0.15, 0.2) is 5.96 Å². The van der Waals surface area contributed by atoms with Crippen molar-refractivity contribution in [2.45, 2.75) is 33.6 Å². The van der Waals surface area contributed by atoms with E-state index in [4.69, 9.17) is 4.74 Å².